The average Bonchev–Trinajstić information content (AvgIpc) is 2.77. The summed E-state index contributed by atoms with van der Waals surface area (Å²) >= 11 is 0. The highest BCUT2D eigenvalue weighted by Gasteiger charge is 2.16. The number of ether oxygens (including phenoxy) is 1. The third kappa shape index (κ3) is 4.79. The van der Waals surface area contributed by atoms with E-state index >= 15 is 0 Å². The number of hydrogen-bond acceptors (Lipinski definition) is 2. The molecule has 1 saturated carbocycles. The quantitative estimate of drug-likeness (QED) is 0.504. The Hall–Kier alpha value is -2.81. The summed E-state index contributed by atoms with van der Waals surface area (Å²) in [6.07, 6.45) is 7.11. The molecule has 0 unspecified atom stereocenters. The lowest BCUT2D eigenvalue weighted by molar-refractivity contribution is -0.136. The van der Waals surface area contributed by atoms with Crippen LogP contribution in [0.25, 0.3) is 21.9 Å². The summed E-state index contributed by atoms with van der Waals surface area (Å²) in [6.45, 7) is 0.756. The fourth-order valence-electron chi connectivity index (χ4n) is 4.34. The fraction of sp³-hybridized carbons (Fsp3) is 0.346. The Morgan fingerprint density at radius 3 is 2.55 bits per heavy atom. The highest BCUT2D eigenvalue weighted by Crippen LogP contribution is 2.37. The van der Waals surface area contributed by atoms with Gasteiger partial charge in [-0.2, -0.15) is 0 Å². The van der Waals surface area contributed by atoms with E-state index < -0.39 is 5.97 Å². The van der Waals surface area contributed by atoms with Gasteiger partial charge in [-0.1, -0.05) is 67.8 Å². The third-order valence-corrected chi connectivity index (χ3v) is 5.95. The van der Waals surface area contributed by atoms with Crippen LogP contribution in [0.1, 0.15) is 44.1 Å². The van der Waals surface area contributed by atoms with Crippen LogP contribution in [0, 0.1) is 5.92 Å². The van der Waals surface area contributed by atoms with E-state index in [-0.39, 0.29) is 6.42 Å². The zero-order valence-electron chi connectivity index (χ0n) is 16.8. The van der Waals surface area contributed by atoms with Crippen molar-refractivity contribution in [2.24, 2.45) is 5.92 Å². The molecule has 150 valence electrons. The van der Waals surface area contributed by atoms with Gasteiger partial charge in [0.05, 0.1) is 6.61 Å². The molecular weight excluding hydrogens is 360 g/mol. The van der Waals surface area contributed by atoms with Crippen molar-refractivity contribution < 1.29 is 14.6 Å². The molecule has 3 nitrogen and oxygen atoms in total. The summed E-state index contributed by atoms with van der Waals surface area (Å²) in [7, 11) is 0. The molecule has 29 heavy (non-hydrogen) atoms. The van der Waals surface area contributed by atoms with Crippen LogP contribution < -0.4 is 4.74 Å². The van der Waals surface area contributed by atoms with Gasteiger partial charge >= 0.3 is 5.97 Å². The van der Waals surface area contributed by atoms with Gasteiger partial charge in [0.1, 0.15) is 5.75 Å². The van der Waals surface area contributed by atoms with Gasteiger partial charge in [0.25, 0.3) is 0 Å². The average molecular weight is 389 g/mol. The van der Waals surface area contributed by atoms with Gasteiger partial charge in [-0.15, -0.1) is 0 Å². The van der Waals surface area contributed by atoms with Gasteiger partial charge in [-0.3, -0.25) is 4.79 Å². The van der Waals surface area contributed by atoms with E-state index in [0.29, 0.717) is 12.3 Å². The Morgan fingerprint density at radius 1 is 0.931 bits per heavy atom. The second-order valence-electron chi connectivity index (χ2n) is 8.07. The lowest BCUT2D eigenvalue weighted by Crippen LogP contribution is -2.15. The molecule has 0 aliphatic heterocycles. The number of aliphatic carboxylic acids is 1. The minimum absolute atomic E-state index is 0.136. The van der Waals surface area contributed by atoms with E-state index in [4.69, 9.17) is 9.84 Å². The first-order chi connectivity index (χ1) is 14.2. The zero-order valence-corrected chi connectivity index (χ0v) is 16.8. The number of aryl methyl sites for hydroxylation is 1. The van der Waals surface area contributed by atoms with Crippen molar-refractivity contribution in [1.82, 2.24) is 0 Å². The zero-order chi connectivity index (χ0) is 20.1. The van der Waals surface area contributed by atoms with Crippen LogP contribution in [-0.2, 0) is 11.2 Å². The van der Waals surface area contributed by atoms with E-state index in [9.17, 15) is 4.79 Å². The lowest BCUT2D eigenvalue weighted by atomic mass is 9.90. The summed E-state index contributed by atoms with van der Waals surface area (Å²) in [4.78, 5) is 11.0. The van der Waals surface area contributed by atoms with Crippen LogP contribution in [0.15, 0.2) is 60.7 Å². The molecule has 0 saturated heterocycles. The van der Waals surface area contributed by atoms with E-state index in [1.54, 1.807) is 0 Å². The van der Waals surface area contributed by atoms with E-state index in [0.717, 1.165) is 29.0 Å². The number of hydrogen-bond donors (Lipinski definition) is 1. The Bertz CT molecular complexity index is 981. The van der Waals surface area contributed by atoms with Crippen molar-refractivity contribution in [1.29, 1.82) is 0 Å². The molecular formula is C26H28O3. The number of carboxylic acids is 1. The summed E-state index contributed by atoms with van der Waals surface area (Å²) in [5, 5.41) is 11.4. The van der Waals surface area contributed by atoms with Crippen LogP contribution in [0.5, 0.6) is 5.75 Å². The van der Waals surface area contributed by atoms with Crippen molar-refractivity contribution in [3.63, 3.8) is 0 Å². The maximum absolute atomic E-state index is 11.0. The third-order valence-electron chi connectivity index (χ3n) is 5.95. The molecule has 1 aliphatic rings. The van der Waals surface area contributed by atoms with Gasteiger partial charge in [0.2, 0.25) is 0 Å². The minimum atomic E-state index is -0.769. The van der Waals surface area contributed by atoms with Crippen LogP contribution >= 0.6 is 0 Å². The van der Waals surface area contributed by atoms with Crippen LogP contribution in [0.4, 0.5) is 0 Å². The first kappa shape index (κ1) is 19.5. The molecule has 0 radical (unpaired) electrons. The number of benzene rings is 3. The molecule has 0 bridgehead atoms. The van der Waals surface area contributed by atoms with Gasteiger partial charge in [-0.25, -0.2) is 0 Å². The minimum Gasteiger partial charge on any atom is -0.493 e. The summed E-state index contributed by atoms with van der Waals surface area (Å²) in [5.74, 6) is 0.760. The molecule has 0 spiro atoms. The molecule has 0 atom stereocenters. The summed E-state index contributed by atoms with van der Waals surface area (Å²) in [5.41, 5.74) is 3.22. The smallest absolute Gasteiger partial charge is 0.303 e. The van der Waals surface area contributed by atoms with Crippen LogP contribution in [0.2, 0.25) is 0 Å². The Kier molecular flexibility index (Phi) is 6.14. The Balaban J connectivity index is 1.69. The lowest BCUT2D eigenvalue weighted by Gasteiger charge is -2.23. The van der Waals surface area contributed by atoms with Gasteiger partial charge < -0.3 is 9.84 Å². The number of fused-ring (bicyclic) bond motifs is 1. The van der Waals surface area contributed by atoms with Gasteiger partial charge in [0.15, 0.2) is 0 Å². The summed E-state index contributed by atoms with van der Waals surface area (Å²) in [6, 6.07) is 20.8. The molecule has 0 amide bonds. The maximum atomic E-state index is 11.0. The van der Waals surface area contributed by atoms with Crippen molar-refractivity contribution in [3.8, 4) is 16.9 Å². The van der Waals surface area contributed by atoms with Crippen molar-refractivity contribution in [2.45, 2.75) is 44.9 Å². The van der Waals surface area contributed by atoms with Gasteiger partial charge in [-0.05, 0) is 59.2 Å². The van der Waals surface area contributed by atoms with Crippen molar-refractivity contribution in [3.05, 3.63) is 66.2 Å². The first-order valence-electron chi connectivity index (χ1n) is 10.7. The van der Waals surface area contributed by atoms with E-state index in [2.05, 4.69) is 48.5 Å². The number of rotatable bonds is 7. The van der Waals surface area contributed by atoms with E-state index in [1.165, 1.54) is 42.9 Å². The van der Waals surface area contributed by atoms with E-state index in [1.807, 2.05) is 12.1 Å². The predicted octanol–water partition coefficient (Wildman–Crippen LogP) is 6.48. The SMILES string of the molecule is O=C(O)CCc1ccc(OCC2CCCCC2)c(-c2cccc3ccccc23)c1. The van der Waals surface area contributed by atoms with Crippen LogP contribution in [-0.4, -0.2) is 17.7 Å². The highest BCUT2D eigenvalue weighted by atomic mass is 16.5. The largest absolute Gasteiger partial charge is 0.493 e. The monoisotopic (exact) mass is 388 g/mol. The Morgan fingerprint density at radius 2 is 1.72 bits per heavy atom. The number of carbonyl (C=O) groups is 1. The molecule has 0 aromatic heterocycles. The first-order valence-corrected chi connectivity index (χ1v) is 10.7. The Labute approximate surface area is 172 Å². The normalized spacial score (nSPS) is 14.8. The standard InChI is InChI=1S/C26H28O3/c27-26(28)16-14-19-13-15-25(29-18-20-7-2-1-3-8-20)24(17-19)23-12-6-10-21-9-4-5-11-22(21)23/h4-6,9-13,15,17,20H,1-3,7-8,14,16,18H2,(H,27,28). The molecule has 4 rings (SSSR count). The predicted molar refractivity (Wildman–Crippen MR) is 117 cm³/mol. The topological polar surface area (TPSA) is 46.5 Å². The van der Waals surface area contributed by atoms with Gasteiger partial charge in [0, 0.05) is 12.0 Å². The second-order valence-corrected chi connectivity index (χ2v) is 8.07. The molecule has 1 N–H and O–H groups in total. The maximum Gasteiger partial charge on any atom is 0.303 e. The molecule has 3 aromatic rings. The van der Waals surface area contributed by atoms with Crippen LogP contribution in [0.3, 0.4) is 0 Å². The molecule has 0 heterocycles. The molecule has 1 aliphatic carbocycles. The molecule has 3 heteroatoms. The highest BCUT2D eigenvalue weighted by molar-refractivity contribution is 5.98. The second kappa shape index (κ2) is 9.13. The molecule has 3 aromatic carbocycles. The number of carboxylic acid groups (broad SMARTS) is 1. The van der Waals surface area contributed by atoms with Crippen molar-refractivity contribution in [2.75, 3.05) is 6.61 Å². The molecule has 1 fully saturated rings. The summed E-state index contributed by atoms with van der Waals surface area (Å²) < 4.78 is 6.34. The fourth-order valence-corrected chi connectivity index (χ4v) is 4.34. The van der Waals surface area contributed by atoms with Crippen molar-refractivity contribution >= 4 is 16.7 Å².